The number of pyridine rings is 2. The van der Waals surface area contributed by atoms with E-state index in [1.807, 2.05) is 280 Å². The molecular weight excluding hydrogens is 1710 g/mol. The number of nitrogens with zero attached hydrogens (tertiary/aromatic N) is 8. The van der Waals surface area contributed by atoms with Gasteiger partial charge in [-0.25, -0.2) is 9.97 Å². The summed E-state index contributed by atoms with van der Waals surface area (Å²) in [7, 11) is 3.26. The fourth-order valence-corrected chi connectivity index (χ4v) is 14.8. The zero-order chi connectivity index (χ0) is 89.8. The maximum atomic E-state index is 11.1. The molecule has 0 bridgehead atoms. The first-order chi connectivity index (χ1) is 64.4. The molecule has 24 rings (SSSR count). The standard InChI is InChI=1S/C15H14O2.C12H10.C10H8.C9H9N3.C9H17N.C9H7N.2C8H7N.C8H6O.C7H5NS.C6H6.C5H11N.C5H5N.C3H4N2.8CH4/c1-17-15(16)11-12-7-9-14(10-8-12)13-5-3-2-4-6-13;1-3-7-11(8-4-1)12-9-5-2-6-10-12;1-2-6-10-8-4-3-7-9(10)5-1;1-12-7-9(10-11-12)8-5-3-2-4-6-8;2*1-2-6-9-8(4-1)5-3-7-10-9;3*1-2-4-8-7(3-1)5-6-9-8;1-2-4-7-6(3-1)8-5-9-7;3*1-2-4-6-5-3-1;1-2-5-3-4-1;;;;;;;;/h2-10H,11H2,1H3;1-10H;1-8H;2-7H,1H3;8-10H,1-7H2;1-7H;1-4,6H,5H2;1-6,9H;1-6H;1-5H;1-6H;6H,1-5H2;1-5H;1-3H,(H,4,5);8*1H4. The molecule has 3 aliphatic heterocycles. The van der Waals surface area contributed by atoms with Gasteiger partial charge in [0.05, 0.1) is 59.2 Å². The number of aliphatic imine (C=N–C) groups is 1. The molecule has 720 valence electrons. The molecule has 20 aromatic rings. The number of thiazole rings is 1. The van der Waals surface area contributed by atoms with Crippen LogP contribution in [0.15, 0.2) is 465 Å². The molecule has 4 aliphatic rings. The average Bonchev–Trinajstić information content (AvgIpc) is 1.68. The summed E-state index contributed by atoms with van der Waals surface area (Å²) in [5.74, 6) is 0.833. The number of esters is 1. The van der Waals surface area contributed by atoms with Crippen LogP contribution >= 0.6 is 11.3 Å². The summed E-state index contributed by atoms with van der Waals surface area (Å²) in [5, 5.41) is 21.0. The molecule has 2 saturated heterocycles. The summed E-state index contributed by atoms with van der Waals surface area (Å²) in [4.78, 5) is 36.9. The van der Waals surface area contributed by atoms with E-state index in [1.54, 1.807) is 53.4 Å². The number of methoxy groups -OCH3 is 1. The van der Waals surface area contributed by atoms with Gasteiger partial charge in [-0.2, -0.15) is 0 Å². The van der Waals surface area contributed by atoms with Gasteiger partial charge in [0, 0.05) is 84.8 Å². The van der Waals surface area contributed by atoms with Gasteiger partial charge in [-0.1, -0.05) is 411 Å². The molecule has 0 spiro atoms. The van der Waals surface area contributed by atoms with Crippen molar-refractivity contribution in [3.05, 3.63) is 467 Å². The number of rotatable bonds is 5. The Hall–Kier alpha value is -14.9. The molecule has 3 fully saturated rings. The van der Waals surface area contributed by atoms with Crippen LogP contribution in [0.5, 0.6) is 0 Å². The molecule has 1 aliphatic carbocycles. The van der Waals surface area contributed by atoms with Crippen molar-refractivity contribution in [2.75, 3.05) is 26.7 Å². The molecule has 2 unspecified atom stereocenters. The summed E-state index contributed by atoms with van der Waals surface area (Å²) < 4.78 is 12.7. The molecular formula is C122H148N12O3S. The minimum absolute atomic E-state index is 0. The van der Waals surface area contributed by atoms with Gasteiger partial charge in [-0.3, -0.25) is 24.4 Å². The number of imidazole rings is 1. The van der Waals surface area contributed by atoms with Crippen LogP contribution in [0.1, 0.15) is 128 Å². The van der Waals surface area contributed by atoms with E-state index in [9.17, 15) is 4.79 Å². The molecule has 10 heterocycles. The second-order valence-electron chi connectivity index (χ2n) is 30.2. The van der Waals surface area contributed by atoms with Gasteiger partial charge in [-0.05, 0) is 180 Å². The summed E-state index contributed by atoms with van der Waals surface area (Å²) in [6, 6.07) is 133. The Morgan fingerprint density at radius 3 is 1.41 bits per heavy atom. The van der Waals surface area contributed by atoms with Gasteiger partial charge >= 0.3 is 5.97 Å². The Bertz CT molecular complexity index is 5690. The van der Waals surface area contributed by atoms with Crippen molar-refractivity contribution in [2.24, 2.45) is 18.0 Å². The van der Waals surface area contributed by atoms with Crippen LogP contribution in [0, 0.1) is 5.92 Å². The van der Waals surface area contributed by atoms with E-state index in [-0.39, 0.29) is 65.4 Å². The molecule has 7 aromatic heterocycles. The lowest BCUT2D eigenvalue weighted by atomic mass is 9.80. The maximum Gasteiger partial charge on any atom is 0.309 e. The van der Waals surface area contributed by atoms with Gasteiger partial charge < -0.3 is 29.8 Å². The van der Waals surface area contributed by atoms with E-state index in [4.69, 9.17) is 4.42 Å². The summed E-state index contributed by atoms with van der Waals surface area (Å²) in [5.41, 5.74) is 16.5. The minimum atomic E-state index is -0.211. The number of hydrogen-bond donors (Lipinski definition) is 4. The van der Waals surface area contributed by atoms with Crippen LogP contribution < -0.4 is 10.6 Å². The van der Waals surface area contributed by atoms with E-state index in [0.717, 1.165) is 68.5 Å². The average molecular weight is 1860 g/mol. The highest BCUT2D eigenvalue weighted by Crippen LogP contribution is 2.31. The number of benzene rings is 13. The largest absolute Gasteiger partial charge is 0.469 e. The number of aromatic amines is 2. The smallest absolute Gasteiger partial charge is 0.309 e. The second-order valence-corrected chi connectivity index (χ2v) is 31.1. The number of fused-ring (bicyclic) bond motifs is 7. The van der Waals surface area contributed by atoms with Crippen molar-refractivity contribution in [3.63, 3.8) is 0 Å². The van der Waals surface area contributed by atoms with Crippen LogP contribution in [-0.2, 0) is 29.4 Å². The highest BCUT2D eigenvalue weighted by molar-refractivity contribution is 7.16. The number of H-pyrrole nitrogens is 2. The Labute approximate surface area is 828 Å². The zero-order valence-corrected chi connectivity index (χ0v) is 75.0. The second kappa shape index (κ2) is 71.6. The Morgan fingerprint density at radius 2 is 0.920 bits per heavy atom. The van der Waals surface area contributed by atoms with E-state index in [0.29, 0.717) is 6.42 Å². The number of hydrogen-bond acceptors (Lipinski definition) is 13. The SMILES string of the molecule is C.C.C.C.C.C.C.C.C1=Nc2ccccc2C1.C1CCC2NCCCC2C1.C1CCNCC1.COC(=O)Cc1ccc(-c2ccccc2)cc1.Cn1cc(-c2ccccc2)nn1.c1c[nH]cn1.c1ccc(-c2ccccc2)cc1.c1ccc2[nH]ccc2c1.c1ccc2ccccc2c1.c1ccc2ncccc2c1.c1ccc2occc2c1.c1ccc2scnc2c1.c1ccccc1.c1ccncc1. The van der Waals surface area contributed by atoms with Crippen molar-refractivity contribution in [2.45, 2.75) is 136 Å². The van der Waals surface area contributed by atoms with Crippen molar-refractivity contribution in [1.82, 2.24) is 55.5 Å². The highest BCUT2D eigenvalue weighted by Gasteiger charge is 2.26. The molecule has 0 radical (unpaired) electrons. The van der Waals surface area contributed by atoms with Gasteiger partial charge in [0.25, 0.3) is 0 Å². The van der Waals surface area contributed by atoms with Crippen LogP contribution in [-0.4, -0.2) is 89.9 Å². The van der Waals surface area contributed by atoms with E-state index < -0.39 is 0 Å². The Balaban J connectivity index is 0.000000384. The maximum absolute atomic E-state index is 11.1. The van der Waals surface area contributed by atoms with Crippen molar-refractivity contribution >= 4 is 83.0 Å². The minimum Gasteiger partial charge on any atom is -0.469 e. The molecule has 13 aromatic carbocycles. The van der Waals surface area contributed by atoms with E-state index in [1.165, 1.54) is 139 Å². The van der Waals surface area contributed by atoms with Gasteiger partial charge in [0.15, 0.2) is 0 Å². The van der Waals surface area contributed by atoms with Crippen LogP contribution in [0.3, 0.4) is 0 Å². The highest BCUT2D eigenvalue weighted by atomic mass is 32.1. The lowest BCUT2D eigenvalue weighted by molar-refractivity contribution is -0.139. The predicted octanol–water partition coefficient (Wildman–Crippen LogP) is 32.8. The number of para-hydroxylation sites is 5. The molecule has 16 heteroatoms. The van der Waals surface area contributed by atoms with Crippen LogP contribution in [0.4, 0.5) is 5.69 Å². The lowest BCUT2D eigenvalue weighted by Gasteiger charge is -2.36. The third-order valence-corrected chi connectivity index (χ3v) is 21.7. The van der Waals surface area contributed by atoms with Gasteiger partial charge in [0.1, 0.15) is 11.3 Å². The normalized spacial score (nSPS) is 12.3. The molecule has 15 nitrogen and oxygen atoms in total. The first-order valence-corrected chi connectivity index (χ1v) is 45.3. The third-order valence-electron chi connectivity index (χ3n) is 20.9. The topological polar surface area (TPSA) is 190 Å². The van der Waals surface area contributed by atoms with Gasteiger partial charge in [-0.15, -0.1) is 16.4 Å². The number of aromatic nitrogens is 9. The van der Waals surface area contributed by atoms with Gasteiger partial charge in [0.2, 0.25) is 0 Å². The molecule has 4 N–H and O–H groups in total. The first kappa shape index (κ1) is 117. The van der Waals surface area contributed by atoms with E-state index >= 15 is 0 Å². The van der Waals surface area contributed by atoms with Crippen molar-refractivity contribution in [3.8, 4) is 33.5 Å². The number of furan rings is 1. The number of aryl methyl sites for hydroxylation is 1. The molecule has 138 heavy (non-hydrogen) atoms. The fourth-order valence-electron chi connectivity index (χ4n) is 14.1. The third kappa shape index (κ3) is 44.0. The molecule has 0 amide bonds. The van der Waals surface area contributed by atoms with Crippen LogP contribution in [0.2, 0.25) is 0 Å². The predicted molar refractivity (Wildman–Crippen MR) is 597 cm³/mol. The summed E-state index contributed by atoms with van der Waals surface area (Å²) in [6.07, 6.45) is 32.3. The van der Waals surface area contributed by atoms with Crippen molar-refractivity contribution < 1.29 is 13.9 Å². The zero-order valence-electron chi connectivity index (χ0n) is 74.1. The first-order valence-electron chi connectivity index (χ1n) is 44.4. The van der Waals surface area contributed by atoms with Crippen molar-refractivity contribution in [1.29, 1.82) is 0 Å². The van der Waals surface area contributed by atoms with Crippen LogP contribution in [0.25, 0.3) is 87.3 Å². The molecule has 2 atom stereocenters. The monoisotopic (exact) mass is 1860 g/mol. The Morgan fingerprint density at radius 1 is 0.420 bits per heavy atom. The number of piperidine rings is 2. The van der Waals surface area contributed by atoms with E-state index in [2.05, 4.69) is 212 Å². The lowest BCUT2D eigenvalue weighted by Crippen LogP contribution is -2.42. The number of nitrogens with one attached hydrogen (secondary N) is 4. The summed E-state index contributed by atoms with van der Waals surface area (Å²) in [6.45, 7) is 3.78. The Kier molecular flexibility index (Phi) is 60.8. The molecule has 1 saturated carbocycles. The quantitative estimate of drug-likeness (QED) is 0.120. The number of carbonyl (C=O) groups excluding carboxylic acids is 1. The number of carbonyl (C=O) groups is 1. The number of ether oxygens (including phenoxy) is 1. The summed E-state index contributed by atoms with van der Waals surface area (Å²) >= 11 is 1.68. The fraction of sp³-hybridized carbons (Fsp3) is 0.213.